The number of anilines is 1. The van der Waals surface area contributed by atoms with Gasteiger partial charge in [-0.1, -0.05) is 19.1 Å². The number of benzene rings is 2. The molecule has 0 atom stereocenters. The first kappa shape index (κ1) is 31.1. The summed E-state index contributed by atoms with van der Waals surface area (Å²) < 4.78 is 12.8. The number of aryl methyl sites for hydroxylation is 3. The number of ether oxygens (including phenoxy) is 2. The van der Waals surface area contributed by atoms with Crippen molar-refractivity contribution in [3.05, 3.63) is 76.1 Å². The first-order valence-corrected chi connectivity index (χ1v) is 15.3. The number of fused-ring (bicyclic) bond motifs is 1. The second-order valence-corrected chi connectivity index (χ2v) is 11.3. The molecule has 5 rings (SSSR count). The molecular formula is C33H41BN6O4. The van der Waals surface area contributed by atoms with Gasteiger partial charge in [-0.3, -0.25) is 9.59 Å². The van der Waals surface area contributed by atoms with E-state index in [4.69, 9.17) is 14.5 Å². The number of hydrogen-bond donors (Lipinski definition) is 3. The van der Waals surface area contributed by atoms with E-state index < -0.39 is 0 Å². The third-order valence-corrected chi connectivity index (χ3v) is 8.12. The second kappa shape index (κ2) is 13.9. The maximum atomic E-state index is 13.5. The summed E-state index contributed by atoms with van der Waals surface area (Å²) in [6.07, 6.45) is 4.38. The summed E-state index contributed by atoms with van der Waals surface area (Å²) in [4.78, 5) is 31.6. The zero-order valence-electron chi connectivity index (χ0n) is 26.3. The highest BCUT2D eigenvalue weighted by Gasteiger charge is 2.22. The lowest BCUT2D eigenvalue weighted by Crippen LogP contribution is -2.30. The average molecular weight is 597 g/mol. The molecule has 2 aromatic carbocycles. The average Bonchev–Trinajstić information content (AvgIpc) is 3.45. The fourth-order valence-electron chi connectivity index (χ4n) is 5.75. The van der Waals surface area contributed by atoms with E-state index in [0.717, 1.165) is 82.9 Å². The number of methoxy groups -OCH3 is 1. The van der Waals surface area contributed by atoms with Gasteiger partial charge in [0, 0.05) is 61.3 Å². The Bertz CT molecular complexity index is 1660. The van der Waals surface area contributed by atoms with Gasteiger partial charge >= 0.3 is 0 Å². The summed E-state index contributed by atoms with van der Waals surface area (Å²) in [6.45, 7) is 8.82. The number of carbonyl (C=O) groups is 2. The lowest BCUT2D eigenvalue weighted by molar-refractivity contribution is 0.0904. The SMILES string of the molecule is Bc1cc(CNC(=O)c2cc(C)cc(C(=O)NCc3c(CC)nc4c(cnn4CC)c3NC3CCOCC3)c2)ccc1OC. The molecule has 0 aliphatic carbocycles. The monoisotopic (exact) mass is 596 g/mol. The molecule has 2 amide bonds. The van der Waals surface area contributed by atoms with Crippen LogP contribution in [0.5, 0.6) is 5.75 Å². The zero-order chi connectivity index (χ0) is 31.2. The van der Waals surface area contributed by atoms with Crippen LogP contribution in [0.4, 0.5) is 5.69 Å². The smallest absolute Gasteiger partial charge is 0.251 e. The van der Waals surface area contributed by atoms with Crippen molar-refractivity contribution in [1.82, 2.24) is 25.4 Å². The van der Waals surface area contributed by atoms with E-state index in [1.807, 2.05) is 43.8 Å². The molecule has 0 spiro atoms. The van der Waals surface area contributed by atoms with Gasteiger partial charge < -0.3 is 25.4 Å². The predicted octanol–water partition coefficient (Wildman–Crippen LogP) is 3.04. The van der Waals surface area contributed by atoms with E-state index in [-0.39, 0.29) is 17.9 Å². The quantitative estimate of drug-likeness (QED) is 0.228. The van der Waals surface area contributed by atoms with Gasteiger partial charge in [0.25, 0.3) is 11.8 Å². The van der Waals surface area contributed by atoms with Crippen LogP contribution in [-0.2, 0) is 30.8 Å². The van der Waals surface area contributed by atoms with Gasteiger partial charge in [0.15, 0.2) is 5.65 Å². The van der Waals surface area contributed by atoms with Crippen molar-refractivity contribution in [1.29, 1.82) is 0 Å². The number of nitrogens with one attached hydrogen (secondary N) is 3. The van der Waals surface area contributed by atoms with E-state index in [9.17, 15) is 9.59 Å². The van der Waals surface area contributed by atoms with Crippen LogP contribution in [0.2, 0.25) is 0 Å². The van der Waals surface area contributed by atoms with Gasteiger partial charge in [-0.05, 0) is 74.0 Å². The normalized spacial score (nSPS) is 13.5. The molecule has 1 aliphatic heterocycles. The zero-order valence-corrected chi connectivity index (χ0v) is 26.3. The van der Waals surface area contributed by atoms with E-state index in [1.54, 1.807) is 25.3 Å². The Morgan fingerprint density at radius 2 is 1.75 bits per heavy atom. The van der Waals surface area contributed by atoms with Crippen molar-refractivity contribution in [3.63, 3.8) is 0 Å². The molecule has 230 valence electrons. The van der Waals surface area contributed by atoms with Gasteiger partial charge in [-0.15, -0.1) is 0 Å². The Morgan fingerprint density at radius 3 is 2.39 bits per heavy atom. The predicted molar refractivity (Wildman–Crippen MR) is 175 cm³/mol. The molecular weight excluding hydrogens is 555 g/mol. The van der Waals surface area contributed by atoms with E-state index in [0.29, 0.717) is 30.6 Å². The standard InChI is InChI=1S/C33H41BN6O4/c1-5-28-25(30(38-24-9-11-44-12-10-24)26-19-37-40(6-2)31(26)39-28)18-36-33(42)23-14-20(3)13-22(16-23)32(41)35-17-21-7-8-29(43-4)27(34)15-21/h7-8,13-16,19,24H,5-6,9-12,17-18,34H2,1-4H3,(H,35,41)(H,36,42)(H,38,39). The Morgan fingerprint density at radius 1 is 1.05 bits per heavy atom. The summed E-state index contributed by atoms with van der Waals surface area (Å²) in [7, 11) is 3.60. The molecule has 11 heteroatoms. The van der Waals surface area contributed by atoms with E-state index in [1.165, 1.54) is 0 Å². The van der Waals surface area contributed by atoms with Crippen LogP contribution in [0.1, 0.15) is 69.8 Å². The molecule has 1 fully saturated rings. The van der Waals surface area contributed by atoms with Crippen molar-refractivity contribution in [2.45, 2.75) is 65.7 Å². The molecule has 3 N–H and O–H groups in total. The first-order chi connectivity index (χ1) is 21.3. The van der Waals surface area contributed by atoms with Gasteiger partial charge in [-0.2, -0.15) is 5.10 Å². The summed E-state index contributed by atoms with van der Waals surface area (Å²) in [5.41, 5.74) is 7.34. The number of rotatable bonds is 11. The van der Waals surface area contributed by atoms with Gasteiger partial charge in [-0.25, -0.2) is 9.67 Å². The summed E-state index contributed by atoms with van der Waals surface area (Å²) >= 11 is 0. The number of carbonyl (C=O) groups excluding carboxylic acids is 2. The second-order valence-electron chi connectivity index (χ2n) is 11.3. The maximum absolute atomic E-state index is 13.5. The summed E-state index contributed by atoms with van der Waals surface area (Å²) in [6, 6.07) is 11.3. The molecule has 4 aromatic rings. The highest BCUT2D eigenvalue weighted by molar-refractivity contribution is 6.34. The van der Waals surface area contributed by atoms with Crippen molar-refractivity contribution in [3.8, 4) is 5.75 Å². The van der Waals surface area contributed by atoms with Crippen molar-refractivity contribution in [2.24, 2.45) is 0 Å². The minimum Gasteiger partial charge on any atom is -0.497 e. The molecule has 2 aromatic heterocycles. The third kappa shape index (κ3) is 6.88. The molecule has 0 radical (unpaired) electrons. The van der Waals surface area contributed by atoms with Crippen LogP contribution in [-0.4, -0.2) is 60.8 Å². The Kier molecular flexibility index (Phi) is 9.84. The fourth-order valence-corrected chi connectivity index (χ4v) is 5.75. The fraction of sp³-hybridized carbons (Fsp3) is 0.394. The topological polar surface area (TPSA) is 119 Å². The number of aromatic nitrogens is 3. The largest absolute Gasteiger partial charge is 0.497 e. The molecule has 0 saturated carbocycles. The van der Waals surface area contributed by atoms with Crippen LogP contribution in [0.25, 0.3) is 11.0 Å². The third-order valence-electron chi connectivity index (χ3n) is 8.12. The molecule has 3 heterocycles. The highest BCUT2D eigenvalue weighted by Crippen LogP contribution is 2.31. The Balaban J connectivity index is 1.35. The molecule has 10 nitrogen and oxygen atoms in total. The maximum Gasteiger partial charge on any atom is 0.251 e. The Hall–Kier alpha value is -4.38. The van der Waals surface area contributed by atoms with Crippen molar-refractivity contribution >= 4 is 41.8 Å². The minimum absolute atomic E-state index is 0.241. The summed E-state index contributed by atoms with van der Waals surface area (Å²) in [5.74, 6) is 0.311. The number of amides is 2. The number of hydrogen-bond acceptors (Lipinski definition) is 7. The number of pyridine rings is 1. The van der Waals surface area contributed by atoms with E-state index >= 15 is 0 Å². The van der Waals surface area contributed by atoms with Gasteiger partial charge in [0.2, 0.25) is 0 Å². The molecule has 0 unspecified atom stereocenters. The van der Waals surface area contributed by atoms with Crippen LogP contribution < -0.4 is 26.2 Å². The molecule has 1 saturated heterocycles. The van der Waals surface area contributed by atoms with Crippen LogP contribution >= 0.6 is 0 Å². The Labute approximate surface area is 259 Å². The number of nitrogens with zero attached hydrogens (tertiary/aromatic N) is 3. The molecule has 44 heavy (non-hydrogen) atoms. The van der Waals surface area contributed by atoms with Crippen LogP contribution in [0.3, 0.4) is 0 Å². The van der Waals surface area contributed by atoms with Gasteiger partial charge in [0.1, 0.15) is 13.6 Å². The lowest BCUT2D eigenvalue weighted by atomic mass is 9.93. The molecule has 1 aliphatic rings. The van der Waals surface area contributed by atoms with Gasteiger partial charge in [0.05, 0.1) is 24.4 Å². The first-order valence-electron chi connectivity index (χ1n) is 15.3. The van der Waals surface area contributed by atoms with Crippen LogP contribution in [0.15, 0.2) is 42.6 Å². The lowest BCUT2D eigenvalue weighted by Gasteiger charge is -2.26. The minimum atomic E-state index is -0.253. The van der Waals surface area contributed by atoms with Crippen molar-refractivity contribution < 1.29 is 19.1 Å². The van der Waals surface area contributed by atoms with E-state index in [2.05, 4.69) is 34.9 Å². The van der Waals surface area contributed by atoms with Crippen molar-refractivity contribution in [2.75, 3.05) is 25.6 Å². The molecule has 0 bridgehead atoms. The summed E-state index contributed by atoms with van der Waals surface area (Å²) in [5, 5.41) is 15.3. The van der Waals surface area contributed by atoms with Crippen LogP contribution in [0, 0.1) is 6.92 Å². The highest BCUT2D eigenvalue weighted by atomic mass is 16.5.